The highest BCUT2D eigenvalue weighted by Crippen LogP contribution is 2.20. The van der Waals surface area contributed by atoms with E-state index in [9.17, 15) is 5.26 Å². The lowest BCUT2D eigenvalue weighted by atomic mass is 9.95. The maximum absolute atomic E-state index is 9.20. The van der Waals surface area contributed by atoms with Gasteiger partial charge in [0.05, 0.1) is 12.0 Å². The highest BCUT2D eigenvalue weighted by Gasteiger charge is 2.10. The minimum atomic E-state index is -0.102. The van der Waals surface area contributed by atoms with Crippen molar-refractivity contribution in [3.05, 3.63) is 64.9 Å². The molecule has 3 heteroatoms. The van der Waals surface area contributed by atoms with Crippen LogP contribution in [0.1, 0.15) is 23.5 Å². The maximum atomic E-state index is 9.20. The molecule has 2 rings (SSSR count). The molecule has 1 aromatic carbocycles. The molecular weight excluding hydrogens is 244 g/mol. The van der Waals surface area contributed by atoms with Gasteiger partial charge in [-0.25, -0.2) is 0 Å². The molecule has 0 spiro atoms. The van der Waals surface area contributed by atoms with E-state index in [1.807, 2.05) is 36.4 Å². The van der Waals surface area contributed by atoms with E-state index in [4.69, 9.17) is 11.6 Å². The molecule has 1 atom stereocenters. The Kier molecular flexibility index (Phi) is 4.33. The molecule has 0 fully saturated rings. The van der Waals surface area contributed by atoms with Crippen LogP contribution in [-0.4, -0.2) is 4.98 Å². The fraction of sp³-hybridized carbons (Fsp3) is 0.200. The molecule has 18 heavy (non-hydrogen) atoms. The summed E-state index contributed by atoms with van der Waals surface area (Å²) in [5.41, 5.74) is 2.18. The van der Waals surface area contributed by atoms with Gasteiger partial charge in [-0.1, -0.05) is 29.8 Å². The highest BCUT2D eigenvalue weighted by molar-refractivity contribution is 6.30. The molecule has 1 heterocycles. The van der Waals surface area contributed by atoms with Gasteiger partial charge in [-0.05, 0) is 42.2 Å². The molecule has 1 aromatic heterocycles. The Balaban J connectivity index is 2.00. The molecule has 0 radical (unpaired) electrons. The summed E-state index contributed by atoms with van der Waals surface area (Å²) in [7, 11) is 0. The highest BCUT2D eigenvalue weighted by atomic mass is 35.5. The van der Waals surface area contributed by atoms with Crippen molar-refractivity contribution in [3.8, 4) is 6.07 Å². The van der Waals surface area contributed by atoms with Crippen molar-refractivity contribution in [1.29, 1.82) is 5.26 Å². The second-order valence-corrected chi connectivity index (χ2v) is 4.57. The van der Waals surface area contributed by atoms with Crippen LogP contribution in [0.4, 0.5) is 0 Å². The van der Waals surface area contributed by atoms with Crippen LogP contribution >= 0.6 is 11.6 Å². The molecular formula is C15H13ClN2. The Morgan fingerprint density at radius 3 is 2.61 bits per heavy atom. The summed E-state index contributed by atoms with van der Waals surface area (Å²) in [6.07, 6.45) is 5.14. The van der Waals surface area contributed by atoms with E-state index in [2.05, 4.69) is 11.1 Å². The molecule has 0 bridgehead atoms. The van der Waals surface area contributed by atoms with Crippen LogP contribution in [0, 0.1) is 11.3 Å². The molecule has 0 saturated carbocycles. The van der Waals surface area contributed by atoms with Gasteiger partial charge in [0.1, 0.15) is 0 Å². The predicted octanol–water partition coefficient (Wildman–Crippen LogP) is 3.97. The fourth-order valence-electron chi connectivity index (χ4n) is 1.85. The predicted molar refractivity (Wildman–Crippen MR) is 72.4 cm³/mol. The van der Waals surface area contributed by atoms with E-state index in [0.717, 1.165) is 23.4 Å². The third-order valence-corrected chi connectivity index (χ3v) is 3.13. The summed E-state index contributed by atoms with van der Waals surface area (Å²) < 4.78 is 0. The van der Waals surface area contributed by atoms with Crippen LogP contribution < -0.4 is 0 Å². The lowest BCUT2D eigenvalue weighted by Crippen LogP contribution is -1.98. The zero-order valence-electron chi connectivity index (χ0n) is 9.88. The summed E-state index contributed by atoms with van der Waals surface area (Å²) in [6, 6.07) is 13.9. The molecule has 0 aliphatic carbocycles. The number of pyridine rings is 1. The van der Waals surface area contributed by atoms with Crippen molar-refractivity contribution in [1.82, 2.24) is 4.98 Å². The Bertz CT molecular complexity index is 529. The normalized spacial score (nSPS) is 11.8. The minimum Gasteiger partial charge on any atom is -0.264 e. The number of hydrogen-bond acceptors (Lipinski definition) is 2. The third-order valence-electron chi connectivity index (χ3n) is 2.88. The number of aromatic nitrogens is 1. The van der Waals surface area contributed by atoms with Gasteiger partial charge in [0.15, 0.2) is 0 Å². The first-order chi connectivity index (χ1) is 8.79. The number of rotatable bonds is 4. The van der Waals surface area contributed by atoms with E-state index >= 15 is 0 Å². The van der Waals surface area contributed by atoms with Crippen molar-refractivity contribution in [2.24, 2.45) is 0 Å². The van der Waals surface area contributed by atoms with Gasteiger partial charge < -0.3 is 0 Å². The van der Waals surface area contributed by atoms with Crippen LogP contribution in [0.15, 0.2) is 48.8 Å². The molecule has 0 amide bonds. The van der Waals surface area contributed by atoms with Gasteiger partial charge in [-0.2, -0.15) is 5.26 Å². The minimum absolute atomic E-state index is 0.102. The average molecular weight is 257 g/mol. The van der Waals surface area contributed by atoms with Crippen molar-refractivity contribution >= 4 is 11.6 Å². The number of nitriles is 1. The second kappa shape index (κ2) is 6.18. The third kappa shape index (κ3) is 3.32. The Labute approximate surface area is 112 Å². The topological polar surface area (TPSA) is 36.7 Å². The monoisotopic (exact) mass is 256 g/mol. The zero-order chi connectivity index (χ0) is 12.8. The summed E-state index contributed by atoms with van der Waals surface area (Å²) in [6.45, 7) is 0. The van der Waals surface area contributed by atoms with E-state index in [-0.39, 0.29) is 5.92 Å². The van der Waals surface area contributed by atoms with Crippen molar-refractivity contribution in [3.63, 3.8) is 0 Å². The first-order valence-corrected chi connectivity index (χ1v) is 6.21. The van der Waals surface area contributed by atoms with Crippen LogP contribution in [0.3, 0.4) is 0 Å². The van der Waals surface area contributed by atoms with Gasteiger partial charge in [0, 0.05) is 17.4 Å². The summed E-state index contributed by atoms with van der Waals surface area (Å²) in [4.78, 5) is 4.05. The molecule has 0 unspecified atom stereocenters. The van der Waals surface area contributed by atoms with Crippen LogP contribution in [0.5, 0.6) is 0 Å². The summed E-state index contributed by atoms with van der Waals surface area (Å²) in [5.74, 6) is -0.102. The Hall–Kier alpha value is -1.85. The van der Waals surface area contributed by atoms with Gasteiger partial charge in [-0.3, -0.25) is 4.98 Å². The summed E-state index contributed by atoms with van der Waals surface area (Å²) in [5, 5.41) is 9.94. The number of halogens is 1. The molecule has 0 saturated heterocycles. The molecule has 0 aliphatic heterocycles. The van der Waals surface area contributed by atoms with Crippen molar-refractivity contribution in [2.45, 2.75) is 18.8 Å². The molecule has 90 valence electrons. The van der Waals surface area contributed by atoms with E-state index in [1.54, 1.807) is 12.4 Å². The quantitative estimate of drug-likeness (QED) is 0.830. The number of aryl methyl sites for hydroxylation is 1. The molecule has 0 aliphatic rings. The first-order valence-electron chi connectivity index (χ1n) is 5.83. The number of nitrogens with zero attached hydrogens (tertiary/aromatic N) is 2. The largest absolute Gasteiger partial charge is 0.264 e. The van der Waals surface area contributed by atoms with E-state index in [0.29, 0.717) is 0 Å². The standard InChI is InChI=1S/C15H13ClN2/c16-15-7-4-12(5-8-15)3-6-13(10-17)14-2-1-9-18-11-14/h1-2,4-5,7-9,11,13H,3,6H2/t13-/m1/s1. The van der Waals surface area contributed by atoms with Crippen LogP contribution in [0.2, 0.25) is 5.02 Å². The van der Waals surface area contributed by atoms with Gasteiger partial charge >= 0.3 is 0 Å². The van der Waals surface area contributed by atoms with E-state index in [1.165, 1.54) is 5.56 Å². The Morgan fingerprint density at radius 1 is 1.22 bits per heavy atom. The Morgan fingerprint density at radius 2 is 2.00 bits per heavy atom. The molecule has 2 nitrogen and oxygen atoms in total. The van der Waals surface area contributed by atoms with Gasteiger partial charge in [-0.15, -0.1) is 0 Å². The molecule has 0 N–H and O–H groups in total. The first kappa shape index (κ1) is 12.6. The second-order valence-electron chi connectivity index (χ2n) is 4.13. The maximum Gasteiger partial charge on any atom is 0.0730 e. The number of benzene rings is 1. The van der Waals surface area contributed by atoms with Crippen LogP contribution in [0.25, 0.3) is 0 Å². The van der Waals surface area contributed by atoms with Crippen molar-refractivity contribution < 1.29 is 0 Å². The average Bonchev–Trinajstić information content (AvgIpc) is 2.43. The molecule has 2 aromatic rings. The van der Waals surface area contributed by atoms with Gasteiger partial charge in [0.2, 0.25) is 0 Å². The van der Waals surface area contributed by atoms with Crippen LogP contribution in [-0.2, 0) is 6.42 Å². The number of hydrogen-bond donors (Lipinski definition) is 0. The smallest absolute Gasteiger partial charge is 0.0730 e. The lowest BCUT2D eigenvalue weighted by Gasteiger charge is -2.08. The zero-order valence-corrected chi connectivity index (χ0v) is 10.6. The summed E-state index contributed by atoms with van der Waals surface area (Å²) >= 11 is 5.84. The SMILES string of the molecule is N#C[C@@H](CCc1ccc(Cl)cc1)c1cccnc1. The van der Waals surface area contributed by atoms with Crippen molar-refractivity contribution in [2.75, 3.05) is 0 Å². The fourth-order valence-corrected chi connectivity index (χ4v) is 1.98. The van der Waals surface area contributed by atoms with Gasteiger partial charge in [0.25, 0.3) is 0 Å². The van der Waals surface area contributed by atoms with E-state index < -0.39 is 0 Å². The lowest BCUT2D eigenvalue weighted by molar-refractivity contribution is 0.743.